The largest absolute Gasteiger partial charge is 0.459 e. The van der Waals surface area contributed by atoms with Crippen molar-refractivity contribution in [3.05, 3.63) is 46.3 Å². The molecule has 0 spiro atoms. The Kier molecular flexibility index (Phi) is 11.0. The van der Waals surface area contributed by atoms with Gasteiger partial charge in [0, 0.05) is 30.6 Å². The number of carbonyl (C=O) groups excluding carboxylic acids is 1. The molecule has 4 saturated heterocycles. The zero-order valence-electron chi connectivity index (χ0n) is 24.3. The van der Waals surface area contributed by atoms with Crippen LogP contribution in [0.5, 0.6) is 0 Å². The molecule has 5 rings (SSSR count). The quantitative estimate of drug-likeness (QED) is 0.109. The monoisotopic (exact) mass is 591 g/mol. The fourth-order valence-electron chi connectivity index (χ4n) is 5.71. The maximum atomic E-state index is 12.1. The zero-order chi connectivity index (χ0) is 29.5. The Labute approximate surface area is 245 Å². The number of fused-ring (bicyclic) bond motifs is 3. The molecule has 2 bridgehead atoms. The summed E-state index contributed by atoms with van der Waals surface area (Å²) in [5, 5.41) is 3.82. The molecule has 1 aromatic rings. The van der Waals surface area contributed by atoms with Crippen molar-refractivity contribution in [3.63, 3.8) is 0 Å². The number of hydrogen-bond donors (Lipinski definition) is 0. The Morgan fingerprint density at radius 3 is 2.33 bits per heavy atom. The van der Waals surface area contributed by atoms with Crippen molar-refractivity contribution in [3.8, 4) is 0 Å². The zero-order valence-corrected chi connectivity index (χ0v) is 24.3. The summed E-state index contributed by atoms with van der Waals surface area (Å²) in [6, 6.07) is 8.79. The maximum Gasteiger partial charge on any atom is 0.303 e. The van der Waals surface area contributed by atoms with Gasteiger partial charge in [-0.15, -0.1) is 0 Å². The van der Waals surface area contributed by atoms with Crippen LogP contribution in [0.1, 0.15) is 58.3 Å². The second kappa shape index (κ2) is 14.9. The van der Waals surface area contributed by atoms with Gasteiger partial charge in [0.15, 0.2) is 18.9 Å². The number of ether oxygens (including phenoxy) is 9. The SMILES string of the molecule is CCCCOC1C(OCCCC)[C@@H]2OC(c3ccccc3)OC[C@@H]2O[C@H]1O[C@@H]1C2CO[C@H](O2)C(N=[N+]=[N-])C1OC(C)=O. The minimum absolute atomic E-state index is 0.173. The molecule has 0 saturated carbocycles. The van der Waals surface area contributed by atoms with E-state index in [1.165, 1.54) is 6.92 Å². The van der Waals surface area contributed by atoms with Gasteiger partial charge < -0.3 is 42.6 Å². The first-order valence-electron chi connectivity index (χ1n) is 14.9. The molecule has 1 aromatic carbocycles. The Morgan fingerprint density at radius 1 is 0.929 bits per heavy atom. The van der Waals surface area contributed by atoms with Crippen LogP contribution in [0.4, 0.5) is 0 Å². The van der Waals surface area contributed by atoms with Crippen LogP contribution in [0, 0.1) is 0 Å². The molecule has 42 heavy (non-hydrogen) atoms. The summed E-state index contributed by atoms with van der Waals surface area (Å²) in [4.78, 5) is 15.0. The van der Waals surface area contributed by atoms with Crippen LogP contribution < -0.4 is 0 Å². The molecule has 4 heterocycles. The fourth-order valence-corrected chi connectivity index (χ4v) is 5.71. The van der Waals surface area contributed by atoms with Crippen LogP contribution in [0.15, 0.2) is 35.4 Å². The Morgan fingerprint density at radius 2 is 1.64 bits per heavy atom. The summed E-state index contributed by atoms with van der Waals surface area (Å²) in [5.41, 5.74) is 10.1. The molecule has 0 radical (unpaired) electrons. The number of carbonyl (C=O) groups is 1. The van der Waals surface area contributed by atoms with Gasteiger partial charge in [-0.25, -0.2) is 0 Å². The van der Waals surface area contributed by atoms with Gasteiger partial charge >= 0.3 is 5.97 Å². The van der Waals surface area contributed by atoms with E-state index in [0.29, 0.717) is 13.2 Å². The average molecular weight is 592 g/mol. The van der Waals surface area contributed by atoms with Crippen LogP contribution in [0.2, 0.25) is 0 Å². The van der Waals surface area contributed by atoms with Gasteiger partial charge in [0.2, 0.25) is 0 Å². The van der Waals surface area contributed by atoms with E-state index in [4.69, 9.17) is 42.6 Å². The molecule has 4 aliphatic heterocycles. The normalized spacial score (nSPS) is 37.5. The van der Waals surface area contributed by atoms with Crippen molar-refractivity contribution >= 4 is 5.97 Å². The van der Waals surface area contributed by atoms with Crippen LogP contribution in [0.3, 0.4) is 0 Å². The van der Waals surface area contributed by atoms with Crippen molar-refractivity contribution < 1.29 is 47.4 Å². The fraction of sp³-hybridized carbons (Fsp3) is 0.759. The third kappa shape index (κ3) is 7.07. The standard InChI is InChI=1S/C29H41N3O10/c1-4-6-13-34-25-23-20(15-36-27(41-23)18-11-9-8-10-12-18)40-29(26(25)35-14-7-5-2)42-22-19-16-37-28(39-19)21(31-32-30)24(22)38-17(3)33/h8-12,19-29H,4-7,13-16H2,1-3H3/t19?,20-,21?,22+,23+,24?,25?,26?,27?,28+,29-/m0/s1. The van der Waals surface area contributed by atoms with Crippen LogP contribution >= 0.6 is 0 Å². The lowest BCUT2D eigenvalue weighted by molar-refractivity contribution is -0.382. The molecule has 0 aliphatic carbocycles. The third-order valence-electron chi connectivity index (χ3n) is 7.79. The second-order valence-electron chi connectivity index (χ2n) is 10.8. The summed E-state index contributed by atoms with van der Waals surface area (Å²) in [7, 11) is 0. The summed E-state index contributed by atoms with van der Waals surface area (Å²) in [6.45, 7) is 6.85. The van der Waals surface area contributed by atoms with Crippen molar-refractivity contribution in [1.29, 1.82) is 0 Å². The number of hydrogen-bond acceptors (Lipinski definition) is 11. The van der Waals surface area contributed by atoms with E-state index in [1.807, 2.05) is 30.3 Å². The first-order valence-corrected chi connectivity index (χ1v) is 14.9. The number of benzene rings is 1. The topological polar surface area (TPSA) is 149 Å². The van der Waals surface area contributed by atoms with Crippen LogP contribution in [0.25, 0.3) is 10.4 Å². The lowest BCUT2D eigenvalue weighted by Gasteiger charge is -2.50. The summed E-state index contributed by atoms with van der Waals surface area (Å²) in [6.07, 6.45) is -3.42. The molecule has 4 aliphatic rings. The first kappa shape index (κ1) is 31.1. The molecule has 6 unspecified atom stereocenters. The molecule has 0 aromatic heterocycles. The molecule has 0 N–H and O–H groups in total. The lowest BCUT2D eigenvalue weighted by Crippen LogP contribution is -2.66. The van der Waals surface area contributed by atoms with E-state index >= 15 is 0 Å². The summed E-state index contributed by atoms with van der Waals surface area (Å²) < 4.78 is 55.9. The van der Waals surface area contributed by atoms with E-state index in [9.17, 15) is 10.3 Å². The summed E-state index contributed by atoms with van der Waals surface area (Å²) >= 11 is 0. The molecule has 11 atom stereocenters. The predicted molar refractivity (Wildman–Crippen MR) is 146 cm³/mol. The first-order chi connectivity index (χ1) is 20.5. The minimum Gasteiger partial charge on any atom is -0.459 e. The maximum absolute atomic E-state index is 12.1. The highest BCUT2D eigenvalue weighted by Gasteiger charge is 2.57. The van der Waals surface area contributed by atoms with Gasteiger partial charge in [-0.05, 0) is 18.4 Å². The Hall–Kier alpha value is -2.32. The molecule has 4 fully saturated rings. The molecule has 13 heteroatoms. The summed E-state index contributed by atoms with van der Waals surface area (Å²) in [5.74, 6) is -0.546. The smallest absolute Gasteiger partial charge is 0.303 e. The molecule has 0 amide bonds. The van der Waals surface area contributed by atoms with Gasteiger partial charge in [0.1, 0.15) is 48.8 Å². The predicted octanol–water partition coefficient (Wildman–Crippen LogP) is 3.95. The highest BCUT2D eigenvalue weighted by atomic mass is 16.8. The van der Waals surface area contributed by atoms with Gasteiger partial charge in [0.05, 0.1) is 13.2 Å². The van der Waals surface area contributed by atoms with Gasteiger partial charge in [-0.3, -0.25) is 4.79 Å². The number of rotatable bonds is 13. The molecular weight excluding hydrogens is 550 g/mol. The Bertz CT molecular complexity index is 1060. The van der Waals surface area contributed by atoms with E-state index in [2.05, 4.69) is 23.9 Å². The number of nitrogens with zero attached hydrogens (tertiary/aromatic N) is 3. The van der Waals surface area contributed by atoms with E-state index < -0.39 is 73.6 Å². The number of esters is 1. The van der Waals surface area contributed by atoms with E-state index in [0.717, 1.165) is 31.2 Å². The lowest BCUT2D eigenvalue weighted by atomic mass is 9.95. The van der Waals surface area contributed by atoms with Gasteiger partial charge in [-0.1, -0.05) is 62.1 Å². The Balaban J connectivity index is 1.43. The molecular formula is C29H41N3O10. The van der Waals surface area contributed by atoms with Gasteiger partial charge in [0.25, 0.3) is 0 Å². The average Bonchev–Trinajstić information content (AvgIpc) is 3.44. The van der Waals surface area contributed by atoms with Crippen LogP contribution in [-0.2, 0) is 47.4 Å². The van der Waals surface area contributed by atoms with Crippen molar-refractivity contribution in [2.45, 2.75) is 114 Å². The molecule has 232 valence electrons. The highest BCUT2D eigenvalue weighted by molar-refractivity contribution is 5.66. The molecule has 13 nitrogen and oxygen atoms in total. The minimum atomic E-state index is -0.956. The van der Waals surface area contributed by atoms with Crippen LogP contribution in [-0.4, -0.2) is 93.7 Å². The van der Waals surface area contributed by atoms with Gasteiger partial charge in [-0.2, -0.15) is 0 Å². The number of unbranched alkanes of at least 4 members (excludes halogenated alkanes) is 2. The highest BCUT2D eigenvalue weighted by Crippen LogP contribution is 2.40. The van der Waals surface area contributed by atoms with Crippen molar-refractivity contribution in [2.75, 3.05) is 26.4 Å². The third-order valence-corrected chi connectivity index (χ3v) is 7.79. The second-order valence-corrected chi connectivity index (χ2v) is 10.8. The number of azide groups is 1. The van der Waals surface area contributed by atoms with E-state index in [-0.39, 0.29) is 13.2 Å². The van der Waals surface area contributed by atoms with E-state index in [1.54, 1.807) is 0 Å². The van der Waals surface area contributed by atoms with Crippen molar-refractivity contribution in [2.24, 2.45) is 5.11 Å². The van der Waals surface area contributed by atoms with Crippen molar-refractivity contribution in [1.82, 2.24) is 0 Å².